The van der Waals surface area contributed by atoms with Crippen molar-refractivity contribution in [1.29, 1.82) is 0 Å². The monoisotopic (exact) mass is 428 g/mol. The Morgan fingerprint density at radius 1 is 0.931 bits per heavy atom. The molecule has 2 amide bonds. The molecule has 0 radical (unpaired) electrons. The Morgan fingerprint density at radius 2 is 1.59 bits per heavy atom. The van der Waals surface area contributed by atoms with Crippen LogP contribution in [0.4, 0.5) is 15.8 Å². The van der Waals surface area contributed by atoms with Crippen LogP contribution in [0.2, 0.25) is 5.02 Å². The Hall–Kier alpha value is -2.83. The molecule has 0 aliphatic rings. The number of hydrogen-bond acceptors (Lipinski definition) is 3. The number of carbonyl (C=O) groups excluding carboxylic acids is 2. The summed E-state index contributed by atoms with van der Waals surface area (Å²) in [6.45, 7) is 1.80. The normalized spacial score (nSPS) is 11.6. The van der Waals surface area contributed by atoms with Gasteiger partial charge in [-0.1, -0.05) is 35.9 Å². The lowest BCUT2D eigenvalue weighted by atomic mass is 10.2. The first-order chi connectivity index (χ1) is 13.9. The third kappa shape index (κ3) is 5.59. The molecule has 0 aromatic heterocycles. The van der Waals surface area contributed by atoms with Crippen molar-refractivity contribution in [2.24, 2.45) is 0 Å². The zero-order valence-electron chi connectivity index (χ0n) is 15.5. The second kappa shape index (κ2) is 9.58. The van der Waals surface area contributed by atoms with Crippen molar-refractivity contribution in [3.63, 3.8) is 0 Å². The summed E-state index contributed by atoms with van der Waals surface area (Å²) in [5.74, 6) is -1.26. The zero-order valence-corrected chi connectivity index (χ0v) is 17.1. The molecule has 0 saturated heterocycles. The topological polar surface area (TPSA) is 58.2 Å². The van der Waals surface area contributed by atoms with E-state index < -0.39 is 11.7 Å². The molecule has 3 aromatic carbocycles. The van der Waals surface area contributed by atoms with Crippen LogP contribution in [0.5, 0.6) is 0 Å². The van der Waals surface area contributed by atoms with Gasteiger partial charge in [-0.25, -0.2) is 4.39 Å². The summed E-state index contributed by atoms with van der Waals surface area (Å²) in [5, 5.41) is 5.59. The van der Waals surface area contributed by atoms with Gasteiger partial charge in [0.05, 0.1) is 21.5 Å². The van der Waals surface area contributed by atoms with Crippen LogP contribution < -0.4 is 10.6 Å². The Balaban J connectivity index is 1.58. The van der Waals surface area contributed by atoms with Crippen molar-refractivity contribution >= 4 is 46.6 Å². The van der Waals surface area contributed by atoms with Gasteiger partial charge in [0.1, 0.15) is 5.82 Å². The molecule has 2 N–H and O–H groups in total. The molecular formula is C22H18ClFN2O2S. The molecule has 0 saturated carbocycles. The van der Waals surface area contributed by atoms with Crippen molar-refractivity contribution in [2.75, 3.05) is 10.6 Å². The van der Waals surface area contributed by atoms with Gasteiger partial charge in [-0.3, -0.25) is 9.59 Å². The van der Waals surface area contributed by atoms with Gasteiger partial charge >= 0.3 is 0 Å². The fourth-order valence-corrected chi connectivity index (χ4v) is 3.57. The highest BCUT2D eigenvalue weighted by Crippen LogP contribution is 2.27. The number of carbonyl (C=O) groups is 2. The maximum absolute atomic E-state index is 13.7. The van der Waals surface area contributed by atoms with Gasteiger partial charge in [0, 0.05) is 10.6 Å². The Labute approximate surface area is 177 Å². The van der Waals surface area contributed by atoms with Gasteiger partial charge in [-0.2, -0.15) is 0 Å². The Kier molecular flexibility index (Phi) is 6.90. The van der Waals surface area contributed by atoms with Crippen molar-refractivity contribution in [2.45, 2.75) is 17.1 Å². The summed E-state index contributed by atoms with van der Waals surface area (Å²) in [6, 6.07) is 19.8. The first-order valence-corrected chi connectivity index (χ1v) is 10.1. The van der Waals surface area contributed by atoms with E-state index in [0.717, 1.165) is 4.90 Å². The fraction of sp³-hybridized carbons (Fsp3) is 0.0909. The smallest absolute Gasteiger partial charge is 0.258 e. The highest BCUT2D eigenvalue weighted by molar-refractivity contribution is 8.00. The van der Waals surface area contributed by atoms with Gasteiger partial charge in [-0.05, 0) is 55.5 Å². The molecule has 0 bridgehead atoms. The molecule has 0 fully saturated rings. The van der Waals surface area contributed by atoms with E-state index in [0.29, 0.717) is 16.4 Å². The number of hydrogen-bond donors (Lipinski definition) is 2. The van der Waals surface area contributed by atoms with Crippen molar-refractivity contribution in [3.8, 4) is 0 Å². The van der Waals surface area contributed by atoms with Crippen LogP contribution in [0.25, 0.3) is 0 Å². The molecule has 1 unspecified atom stereocenters. The average molecular weight is 429 g/mol. The number of benzene rings is 3. The van der Waals surface area contributed by atoms with Gasteiger partial charge in [0.25, 0.3) is 5.91 Å². The van der Waals surface area contributed by atoms with Crippen molar-refractivity contribution in [3.05, 3.63) is 89.2 Å². The molecule has 29 heavy (non-hydrogen) atoms. The molecule has 7 heteroatoms. The Bertz CT molecular complexity index is 1030. The summed E-state index contributed by atoms with van der Waals surface area (Å²) in [7, 11) is 0. The first-order valence-electron chi connectivity index (χ1n) is 8.82. The van der Waals surface area contributed by atoms with E-state index in [9.17, 15) is 14.0 Å². The van der Waals surface area contributed by atoms with Crippen LogP contribution in [0.1, 0.15) is 17.3 Å². The highest BCUT2D eigenvalue weighted by atomic mass is 35.5. The third-order valence-corrected chi connectivity index (χ3v) is 5.49. The number of rotatable bonds is 6. The summed E-state index contributed by atoms with van der Waals surface area (Å²) >= 11 is 7.44. The molecule has 1 atom stereocenters. The van der Waals surface area contributed by atoms with E-state index in [2.05, 4.69) is 10.6 Å². The number of thioether (sulfide) groups is 1. The minimum absolute atomic E-state index is 0.0178. The lowest BCUT2D eigenvalue weighted by Crippen LogP contribution is -2.22. The molecular weight excluding hydrogens is 411 g/mol. The lowest BCUT2D eigenvalue weighted by molar-refractivity contribution is -0.115. The zero-order chi connectivity index (χ0) is 20.8. The van der Waals surface area contributed by atoms with E-state index in [1.807, 2.05) is 0 Å². The molecule has 0 spiro atoms. The molecule has 4 nitrogen and oxygen atoms in total. The summed E-state index contributed by atoms with van der Waals surface area (Å²) in [6.07, 6.45) is 0. The number of halogens is 2. The van der Waals surface area contributed by atoms with Gasteiger partial charge in [-0.15, -0.1) is 11.8 Å². The van der Waals surface area contributed by atoms with Crippen LogP contribution in [0.15, 0.2) is 77.7 Å². The maximum atomic E-state index is 13.7. The van der Waals surface area contributed by atoms with Crippen molar-refractivity contribution < 1.29 is 14.0 Å². The van der Waals surface area contributed by atoms with Crippen LogP contribution in [-0.4, -0.2) is 17.1 Å². The predicted octanol–water partition coefficient (Wildman–Crippen LogP) is 5.85. The Morgan fingerprint density at radius 3 is 2.28 bits per heavy atom. The second-order valence-corrected chi connectivity index (χ2v) is 8.01. The minimum atomic E-state index is -0.574. The van der Waals surface area contributed by atoms with E-state index in [-0.39, 0.29) is 16.7 Å². The lowest BCUT2D eigenvalue weighted by Gasteiger charge is -2.13. The highest BCUT2D eigenvalue weighted by Gasteiger charge is 2.16. The minimum Gasteiger partial charge on any atom is -0.324 e. The number of para-hydroxylation sites is 1. The predicted molar refractivity (Wildman–Crippen MR) is 116 cm³/mol. The molecule has 0 heterocycles. The van der Waals surface area contributed by atoms with E-state index in [4.69, 9.17) is 11.6 Å². The van der Waals surface area contributed by atoms with Crippen LogP contribution >= 0.6 is 23.4 Å². The molecule has 148 valence electrons. The van der Waals surface area contributed by atoms with Gasteiger partial charge in [0.15, 0.2) is 0 Å². The summed E-state index contributed by atoms with van der Waals surface area (Å²) in [5.41, 5.74) is 1.09. The molecule has 0 aliphatic carbocycles. The van der Waals surface area contributed by atoms with E-state index in [1.165, 1.54) is 30.0 Å². The molecule has 3 aromatic rings. The average Bonchev–Trinajstić information content (AvgIpc) is 2.71. The fourth-order valence-electron chi connectivity index (χ4n) is 2.52. The third-order valence-electron chi connectivity index (χ3n) is 4.04. The first kappa shape index (κ1) is 20.9. The summed E-state index contributed by atoms with van der Waals surface area (Å²) < 4.78 is 13.7. The quantitative estimate of drug-likeness (QED) is 0.484. The van der Waals surface area contributed by atoms with Crippen LogP contribution in [0, 0.1) is 5.82 Å². The van der Waals surface area contributed by atoms with Crippen molar-refractivity contribution in [1.82, 2.24) is 0 Å². The van der Waals surface area contributed by atoms with E-state index in [1.54, 1.807) is 61.5 Å². The van der Waals surface area contributed by atoms with Gasteiger partial charge < -0.3 is 10.6 Å². The maximum Gasteiger partial charge on any atom is 0.258 e. The van der Waals surface area contributed by atoms with E-state index >= 15 is 0 Å². The molecule has 3 rings (SSSR count). The number of nitrogens with one attached hydrogen (secondary N) is 2. The van der Waals surface area contributed by atoms with Crippen LogP contribution in [0.3, 0.4) is 0 Å². The largest absolute Gasteiger partial charge is 0.324 e. The SMILES string of the molecule is CC(Sc1ccc(NC(=O)c2ccccc2F)cc1)C(=O)Nc1ccccc1Cl. The number of anilines is 2. The van der Waals surface area contributed by atoms with Crippen LogP contribution in [-0.2, 0) is 4.79 Å². The molecule has 0 aliphatic heterocycles. The second-order valence-electron chi connectivity index (χ2n) is 6.19. The van der Waals surface area contributed by atoms with Gasteiger partial charge in [0.2, 0.25) is 5.91 Å². The summed E-state index contributed by atoms with van der Waals surface area (Å²) in [4.78, 5) is 25.4. The standard InChI is InChI=1S/C22H18ClFN2O2S/c1-14(21(27)26-20-9-5-3-7-18(20)23)29-16-12-10-15(11-13-16)25-22(28)17-6-2-4-8-19(17)24/h2-14H,1H3,(H,25,28)(H,26,27). The number of amides is 2.